The zero-order valence-electron chi connectivity index (χ0n) is 18.8. The molecule has 0 saturated carbocycles. The number of aryl methyl sites for hydroxylation is 1. The molecule has 32 heavy (non-hydrogen) atoms. The van der Waals surface area contributed by atoms with E-state index in [-0.39, 0.29) is 11.8 Å². The van der Waals surface area contributed by atoms with Gasteiger partial charge in [-0.05, 0) is 29.5 Å². The summed E-state index contributed by atoms with van der Waals surface area (Å²) >= 11 is 1.70. The van der Waals surface area contributed by atoms with Gasteiger partial charge < -0.3 is 14.7 Å². The van der Waals surface area contributed by atoms with E-state index in [4.69, 9.17) is 0 Å². The van der Waals surface area contributed by atoms with Crippen LogP contribution in [0.2, 0.25) is 0 Å². The van der Waals surface area contributed by atoms with Crippen LogP contribution < -0.4 is 4.90 Å². The van der Waals surface area contributed by atoms with Crippen molar-refractivity contribution in [1.29, 1.82) is 0 Å². The third-order valence-electron chi connectivity index (χ3n) is 5.76. The van der Waals surface area contributed by atoms with Crippen LogP contribution in [0.25, 0.3) is 10.4 Å². The number of nitrogens with zero attached hydrogens (tertiary/aromatic N) is 5. The van der Waals surface area contributed by atoms with Crippen LogP contribution in [-0.4, -0.2) is 71.9 Å². The summed E-state index contributed by atoms with van der Waals surface area (Å²) in [5.41, 5.74) is 3.22. The third-order valence-corrected chi connectivity index (χ3v) is 6.68. The first-order chi connectivity index (χ1) is 15.3. The van der Waals surface area contributed by atoms with Crippen molar-refractivity contribution in [1.82, 2.24) is 19.8 Å². The lowest BCUT2D eigenvalue weighted by Crippen LogP contribution is -2.58. The summed E-state index contributed by atoms with van der Waals surface area (Å²) in [4.78, 5) is 41.6. The molecule has 0 radical (unpaired) electrons. The normalized spacial score (nSPS) is 16.4. The largest absolute Gasteiger partial charge is 0.347 e. The Morgan fingerprint density at radius 2 is 1.94 bits per heavy atom. The lowest BCUT2D eigenvalue weighted by atomic mass is 9.99. The van der Waals surface area contributed by atoms with Gasteiger partial charge >= 0.3 is 0 Å². The molecule has 0 unspecified atom stereocenters. The molecule has 1 aliphatic rings. The summed E-state index contributed by atoms with van der Waals surface area (Å²) in [6, 6.07) is 11.8. The Morgan fingerprint density at radius 1 is 1.19 bits per heavy atom. The van der Waals surface area contributed by atoms with Gasteiger partial charge in [-0.25, -0.2) is 9.97 Å². The number of hydrogen-bond donors (Lipinski definition) is 0. The van der Waals surface area contributed by atoms with E-state index in [1.165, 1.54) is 4.88 Å². The van der Waals surface area contributed by atoms with Gasteiger partial charge in [0.15, 0.2) is 0 Å². The van der Waals surface area contributed by atoms with Crippen molar-refractivity contribution in [2.75, 3.05) is 39.1 Å². The average molecular weight is 450 g/mol. The van der Waals surface area contributed by atoms with Crippen molar-refractivity contribution < 1.29 is 9.59 Å². The lowest BCUT2D eigenvalue weighted by Gasteiger charge is -2.39. The van der Waals surface area contributed by atoms with E-state index in [1.807, 2.05) is 32.3 Å². The van der Waals surface area contributed by atoms with E-state index in [2.05, 4.69) is 33.5 Å². The molecular formula is C24H27N5O2S. The van der Waals surface area contributed by atoms with Crippen LogP contribution >= 0.6 is 11.3 Å². The molecule has 1 fully saturated rings. The predicted octanol–water partition coefficient (Wildman–Crippen LogP) is 3.11. The van der Waals surface area contributed by atoms with Crippen LogP contribution in [-0.2, 0) is 11.2 Å². The number of likely N-dealkylation sites (N-methyl/N-ethyl adjacent to an activating group) is 1. The van der Waals surface area contributed by atoms with Gasteiger partial charge in [-0.2, -0.15) is 0 Å². The number of carbonyl (C=O) groups excluding carboxylic acids is 2. The molecule has 1 atom stereocenters. The summed E-state index contributed by atoms with van der Waals surface area (Å²) in [6.07, 6.45) is 2.03. The molecule has 8 heteroatoms. The molecule has 0 bridgehead atoms. The minimum absolute atomic E-state index is 0.0459. The first-order valence-electron chi connectivity index (χ1n) is 10.5. The van der Waals surface area contributed by atoms with Gasteiger partial charge in [0.25, 0.3) is 5.91 Å². The molecule has 7 nitrogen and oxygen atoms in total. The molecule has 1 aromatic carbocycles. The molecule has 166 valence electrons. The molecule has 2 amide bonds. The number of benzene rings is 1. The van der Waals surface area contributed by atoms with Crippen LogP contribution in [0.15, 0.2) is 48.0 Å². The molecule has 2 aromatic heterocycles. The Labute approximate surface area is 192 Å². The van der Waals surface area contributed by atoms with Crippen LogP contribution in [0, 0.1) is 6.92 Å². The van der Waals surface area contributed by atoms with Gasteiger partial charge in [-0.3, -0.25) is 9.59 Å². The fraction of sp³-hybridized carbons (Fsp3) is 0.333. The molecular weight excluding hydrogens is 422 g/mol. The van der Waals surface area contributed by atoms with E-state index >= 15 is 0 Å². The van der Waals surface area contributed by atoms with Gasteiger partial charge in [-0.15, -0.1) is 11.3 Å². The van der Waals surface area contributed by atoms with Crippen molar-refractivity contribution in [3.63, 3.8) is 0 Å². The van der Waals surface area contributed by atoms with Gasteiger partial charge in [0.2, 0.25) is 11.9 Å². The minimum Gasteiger partial charge on any atom is -0.347 e. The standard InChI is InChI=1S/C24H27N5O2S/c1-16-19(15-25-24(26-16)27(2)3)22(30)29-12-11-28(4)23(31)20(29)14-17-7-9-18(10-8-17)21-6-5-13-32-21/h5-10,13,15,20H,11-12,14H2,1-4H3/t20-/m1/s1. The van der Waals surface area contributed by atoms with Gasteiger partial charge in [0.1, 0.15) is 6.04 Å². The first kappa shape index (κ1) is 22.0. The zero-order valence-corrected chi connectivity index (χ0v) is 19.6. The molecule has 1 saturated heterocycles. The van der Waals surface area contributed by atoms with Gasteiger partial charge in [0, 0.05) is 51.7 Å². The van der Waals surface area contributed by atoms with Crippen LogP contribution in [0.4, 0.5) is 5.95 Å². The maximum Gasteiger partial charge on any atom is 0.258 e. The zero-order chi connectivity index (χ0) is 22.8. The van der Waals surface area contributed by atoms with Gasteiger partial charge in [0.05, 0.1) is 11.3 Å². The SMILES string of the molecule is Cc1nc(N(C)C)ncc1C(=O)N1CCN(C)C(=O)[C@H]1Cc1ccc(-c2cccs2)cc1. The van der Waals surface area contributed by atoms with E-state index in [9.17, 15) is 9.59 Å². The van der Waals surface area contributed by atoms with E-state index in [1.54, 1.807) is 46.2 Å². The van der Waals surface area contributed by atoms with Crippen molar-refractivity contribution >= 4 is 29.1 Å². The topological polar surface area (TPSA) is 69.6 Å². The van der Waals surface area contributed by atoms with Crippen molar-refractivity contribution in [2.24, 2.45) is 0 Å². The first-order valence-corrected chi connectivity index (χ1v) is 11.4. The van der Waals surface area contributed by atoms with Crippen molar-refractivity contribution in [2.45, 2.75) is 19.4 Å². The molecule has 1 aliphatic heterocycles. The fourth-order valence-corrected chi connectivity index (χ4v) is 4.59. The highest BCUT2D eigenvalue weighted by atomic mass is 32.1. The van der Waals surface area contributed by atoms with Crippen LogP contribution in [0.3, 0.4) is 0 Å². The number of carbonyl (C=O) groups is 2. The summed E-state index contributed by atoms with van der Waals surface area (Å²) in [6.45, 7) is 2.79. The maximum atomic E-state index is 13.4. The lowest BCUT2D eigenvalue weighted by molar-refractivity contribution is -0.138. The van der Waals surface area contributed by atoms with Crippen LogP contribution in [0.5, 0.6) is 0 Å². The average Bonchev–Trinajstić information content (AvgIpc) is 3.32. The summed E-state index contributed by atoms with van der Waals surface area (Å²) < 4.78 is 0. The molecule has 0 aliphatic carbocycles. The van der Waals surface area contributed by atoms with Gasteiger partial charge in [-0.1, -0.05) is 30.3 Å². The van der Waals surface area contributed by atoms with Crippen molar-refractivity contribution in [3.8, 4) is 10.4 Å². The highest BCUT2D eigenvalue weighted by molar-refractivity contribution is 7.13. The summed E-state index contributed by atoms with van der Waals surface area (Å²) in [7, 11) is 5.50. The maximum absolute atomic E-state index is 13.4. The molecule has 4 rings (SSSR count). The number of aromatic nitrogens is 2. The van der Waals surface area contributed by atoms with E-state index in [0.29, 0.717) is 36.7 Å². The molecule has 3 aromatic rings. The second kappa shape index (κ2) is 9.08. The Balaban J connectivity index is 1.58. The fourth-order valence-electron chi connectivity index (χ4n) is 3.86. The number of amides is 2. The smallest absolute Gasteiger partial charge is 0.258 e. The number of hydrogen-bond acceptors (Lipinski definition) is 6. The Hall–Kier alpha value is -3.26. The highest BCUT2D eigenvalue weighted by Crippen LogP contribution is 2.26. The quantitative estimate of drug-likeness (QED) is 0.599. The Bertz CT molecular complexity index is 1110. The van der Waals surface area contributed by atoms with E-state index in [0.717, 1.165) is 11.1 Å². The number of anilines is 1. The monoisotopic (exact) mass is 449 g/mol. The third kappa shape index (κ3) is 4.36. The molecule has 3 heterocycles. The molecule has 0 spiro atoms. The summed E-state index contributed by atoms with van der Waals surface area (Å²) in [5, 5.41) is 2.06. The summed E-state index contributed by atoms with van der Waals surface area (Å²) in [5.74, 6) is 0.306. The second-order valence-electron chi connectivity index (χ2n) is 8.22. The Morgan fingerprint density at radius 3 is 2.56 bits per heavy atom. The highest BCUT2D eigenvalue weighted by Gasteiger charge is 2.37. The Kier molecular flexibility index (Phi) is 6.23. The number of rotatable bonds is 5. The van der Waals surface area contributed by atoms with E-state index < -0.39 is 6.04 Å². The van der Waals surface area contributed by atoms with Crippen molar-refractivity contribution in [3.05, 3.63) is 64.8 Å². The molecule has 0 N–H and O–H groups in total. The number of thiophene rings is 1. The predicted molar refractivity (Wildman–Crippen MR) is 127 cm³/mol. The number of piperazine rings is 1. The minimum atomic E-state index is -0.554. The second-order valence-corrected chi connectivity index (χ2v) is 9.16. The van der Waals surface area contributed by atoms with Crippen LogP contribution in [0.1, 0.15) is 21.6 Å².